The van der Waals surface area contributed by atoms with E-state index in [0.29, 0.717) is 12.3 Å². The van der Waals surface area contributed by atoms with Gasteiger partial charge in [0.1, 0.15) is 11.6 Å². The Morgan fingerprint density at radius 1 is 1.12 bits per heavy atom. The summed E-state index contributed by atoms with van der Waals surface area (Å²) < 4.78 is 9.99. The number of nitrogens with one attached hydrogen (secondary N) is 2. The molecule has 1 aromatic carbocycles. The van der Waals surface area contributed by atoms with Crippen LogP contribution in [0.15, 0.2) is 24.3 Å². The highest BCUT2D eigenvalue weighted by Gasteiger charge is 2.21. The summed E-state index contributed by atoms with van der Waals surface area (Å²) in [5.41, 5.74) is 0.724. The molecule has 0 aliphatic carbocycles. The van der Waals surface area contributed by atoms with Crippen molar-refractivity contribution in [3.63, 3.8) is 0 Å². The molecule has 0 bridgehead atoms. The van der Waals surface area contributed by atoms with Crippen LogP contribution >= 0.6 is 0 Å². The lowest BCUT2D eigenvalue weighted by Gasteiger charge is -2.21. The van der Waals surface area contributed by atoms with Crippen molar-refractivity contribution in [2.45, 2.75) is 52.7 Å². The van der Waals surface area contributed by atoms with Gasteiger partial charge in [-0.15, -0.1) is 0 Å². The van der Waals surface area contributed by atoms with E-state index in [0.717, 1.165) is 5.56 Å². The molecule has 0 spiro atoms. The largest absolute Gasteiger partial charge is 0.466 e. The number of amides is 2. The average molecular weight is 350 g/mol. The maximum Gasteiger partial charge on any atom is 0.408 e. The summed E-state index contributed by atoms with van der Waals surface area (Å²) in [5.74, 6) is -0.668. The summed E-state index contributed by atoms with van der Waals surface area (Å²) in [6, 6.07) is 6.09. The van der Waals surface area contributed by atoms with Gasteiger partial charge in [0, 0.05) is 5.69 Å². The number of alkyl carbamates (subject to hydrolysis) is 1. The quantitative estimate of drug-likeness (QED) is 0.769. The van der Waals surface area contributed by atoms with Gasteiger partial charge in [0.15, 0.2) is 0 Å². The van der Waals surface area contributed by atoms with E-state index in [1.807, 2.05) is 0 Å². The van der Waals surface area contributed by atoms with Gasteiger partial charge in [0.05, 0.1) is 13.0 Å². The summed E-state index contributed by atoms with van der Waals surface area (Å²) in [7, 11) is 0. The third kappa shape index (κ3) is 8.19. The van der Waals surface area contributed by atoms with E-state index in [9.17, 15) is 14.4 Å². The first-order valence-corrected chi connectivity index (χ1v) is 8.15. The number of carbonyl (C=O) groups is 3. The molecule has 2 N–H and O–H groups in total. The van der Waals surface area contributed by atoms with Crippen molar-refractivity contribution in [1.82, 2.24) is 5.32 Å². The van der Waals surface area contributed by atoms with Crippen LogP contribution in [0.5, 0.6) is 0 Å². The zero-order valence-corrected chi connectivity index (χ0v) is 15.3. The second-order valence-electron chi connectivity index (χ2n) is 6.54. The molecule has 1 rings (SSSR count). The van der Waals surface area contributed by atoms with Gasteiger partial charge in [-0.2, -0.15) is 0 Å². The van der Waals surface area contributed by atoms with E-state index >= 15 is 0 Å². The number of anilines is 1. The minimum absolute atomic E-state index is 0.179. The molecule has 1 atom stereocenters. The van der Waals surface area contributed by atoms with Crippen molar-refractivity contribution < 1.29 is 23.9 Å². The minimum Gasteiger partial charge on any atom is -0.466 e. The Balaban J connectivity index is 2.53. The van der Waals surface area contributed by atoms with Crippen LogP contribution in [0.3, 0.4) is 0 Å². The summed E-state index contributed by atoms with van der Waals surface area (Å²) >= 11 is 0. The van der Waals surface area contributed by atoms with Crippen LogP contribution in [0.4, 0.5) is 10.5 Å². The molecule has 138 valence electrons. The molecule has 2 amide bonds. The van der Waals surface area contributed by atoms with Crippen LogP contribution in [0.25, 0.3) is 0 Å². The Morgan fingerprint density at radius 3 is 2.24 bits per heavy atom. The van der Waals surface area contributed by atoms with Gasteiger partial charge in [0.2, 0.25) is 5.91 Å². The minimum atomic E-state index is -0.756. The van der Waals surface area contributed by atoms with Gasteiger partial charge < -0.3 is 20.1 Å². The van der Waals surface area contributed by atoms with Gasteiger partial charge in [-0.1, -0.05) is 12.1 Å². The van der Waals surface area contributed by atoms with Crippen molar-refractivity contribution in [3.05, 3.63) is 29.8 Å². The fraction of sp³-hybridized carbons (Fsp3) is 0.500. The highest BCUT2D eigenvalue weighted by atomic mass is 16.6. The first-order chi connectivity index (χ1) is 11.6. The second-order valence-corrected chi connectivity index (χ2v) is 6.54. The summed E-state index contributed by atoms with van der Waals surface area (Å²) in [6.45, 7) is 8.90. The van der Waals surface area contributed by atoms with E-state index in [1.165, 1.54) is 0 Å². The zero-order chi connectivity index (χ0) is 19.0. The Labute approximate surface area is 148 Å². The van der Waals surface area contributed by atoms with Gasteiger partial charge in [-0.05, 0) is 52.3 Å². The fourth-order valence-electron chi connectivity index (χ4n) is 1.89. The Morgan fingerprint density at radius 2 is 1.72 bits per heavy atom. The highest BCUT2D eigenvalue weighted by Crippen LogP contribution is 2.11. The molecule has 0 aliphatic rings. The maximum absolute atomic E-state index is 12.1. The molecule has 0 saturated carbocycles. The molecule has 1 aromatic rings. The van der Waals surface area contributed by atoms with Crippen LogP contribution in [0.2, 0.25) is 0 Å². The molecule has 7 heteroatoms. The number of benzene rings is 1. The molecule has 0 aromatic heterocycles. The third-order valence-electron chi connectivity index (χ3n) is 3.00. The predicted molar refractivity (Wildman–Crippen MR) is 94.2 cm³/mol. The molecule has 0 aliphatic heterocycles. The van der Waals surface area contributed by atoms with E-state index in [4.69, 9.17) is 9.47 Å². The molecule has 25 heavy (non-hydrogen) atoms. The number of carbonyl (C=O) groups excluding carboxylic acids is 3. The first kappa shape index (κ1) is 20.5. The number of ether oxygens (including phenoxy) is 2. The fourth-order valence-corrected chi connectivity index (χ4v) is 1.89. The lowest BCUT2D eigenvalue weighted by Crippen LogP contribution is -2.43. The lowest BCUT2D eigenvalue weighted by molar-refractivity contribution is -0.142. The molecule has 0 radical (unpaired) electrons. The second kappa shape index (κ2) is 9.05. The number of hydrogen-bond acceptors (Lipinski definition) is 5. The van der Waals surface area contributed by atoms with Gasteiger partial charge in [0.25, 0.3) is 0 Å². The normalized spacial score (nSPS) is 12.0. The summed E-state index contributed by atoms with van der Waals surface area (Å²) in [4.78, 5) is 35.2. The van der Waals surface area contributed by atoms with E-state index in [1.54, 1.807) is 58.9 Å². The van der Waals surface area contributed by atoms with Crippen LogP contribution in [0, 0.1) is 0 Å². The highest BCUT2D eigenvalue weighted by molar-refractivity contribution is 5.96. The van der Waals surface area contributed by atoms with E-state index in [-0.39, 0.29) is 18.3 Å². The number of esters is 1. The molecule has 0 heterocycles. The summed E-state index contributed by atoms with van der Waals surface area (Å²) in [5, 5.41) is 5.16. The van der Waals surface area contributed by atoms with Crippen LogP contribution in [0.1, 0.15) is 40.2 Å². The Kier molecular flexibility index (Phi) is 7.42. The van der Waals surface area contributed by atoms with Gasteiger partial charge in [-0.25, -0.2) is 4.79 Å². The monoisotopic (exact) mass is 350 g/mol. The van der Waals surface area contributed by atoms with Crippen LogP contribution in [-0.4, -0.2) is 36.2 Å². The van der Waals surface area contributed by atoms with Crippen molar-refractivity contribution >= 4 is 23.7 Å². The van der Waals surface area contributed by atoms with Gasteiger partial charge >= 0.3 is 12.1 Å². The summed E-state index contributed by atoms with van der Waals surface area (Å²) in [6.07, 6.45) is -0.474. The van der Waals surface area contributed by atoms with Crippen molar-refractivity contribution in [2.75, 3.05) is 11.9 Å². The number of hydrogen-bond donors (Lipinski definition) is 2. The maximum atomic E-state index is 12.1. The predicted octanol–water partition coefficient (Wildman–Crippen LogP) is 2.64. The smallest absolute Gasteiger partial charge is 0.408 e. The van der Waals surface area contributed by atoms with Crippen LogP contribution < -0.4 is 10.6 Å². The zero-order valence-electron chi connectivity index (χ0n) is 15.3. The van der Waals surface area contributed by atoms with Crippen LogP contribution in [-0.2, 0) is 25.5 Å². The molecule has 0 saturated heterocycles. The molecule has 0 fully saturated rings. The topological polar surface area (TPSA) is 93.7 Å². The Bertz CT molecular complexity index is 605. The Hall–Kier alpha value is -2.57. The molecule has 0 unspecified atom stereocenters. The number of rotatable bonds is 6. The SMILES string of the molecule is CCOC(=O)Cc1ccc(NC(=O)[C@H](C)NC(=O)OC(C)(C)C)cc1. The van der Waals surface area contributed by atoms with Gasteiger partial charge in [-0.3, -0.25) is 9.59 Å². The van der Waals surface area contributed by atoms with Crippen molar-refractivity contribution in [2.24, 2.45) is 0 Å². The molecule has 7 nitrogen and oxygen atoms in total. The lowest BCUT2D eigenvalue weighted by atomic mass is 10.1. The van der Waals surface area contributed by atoms with E-state index in [2.05, 4.69) is 10.6 Å². The standard InChI is InChI=1S/C18H26N2O5/c1-6-24-15(21)11-13-7-9-14(10-8-13)20-16(22)12(2)19-17(23)25-18(3,4)5/h7-10,12H,6,11H2,1-5H3,(H,19,23)(H,20,22)/t12-/m0/s1. The average Bonchev–Trinajstić information content (AvgIpc) is 2.47. The van der Waals surface area contributed by atoms with Crippen molar-refractivity contribution in [1.29, 1.82) is 0 Å². The third-order valence-corrected chi connectivity index (χ3v) is 3.00. The first-order valence-electron chi connectivity index (χ1n) is 8.15. The van der Waals surface area contributed by atoms with Crippen molar-refractivity contribution in [3.8, 4) is 0 Å². The molecular weight excluding hydrogens is 324 g/mol. The molecular formula is C18H26N2O5. The van der Waals surface area contributed by atoms with E-state index < -0.39 is 17.7 Å².